The summed E-state index contributed by atoms with van der Waals surface area (Å²) in [7, 11) is 0. The largest absolute Gasteiger partial charge is 0.416 e. The summed E-state index contributed by atoms with van der Waals surface area (Å²) < 4.78 is 6.44. The van der Waals surface area contributed by atoms with Crippen molar-refractivity contribution in [2.24, 2.45) is 0 Å². The first-order chi connectivity index (χ1) is 13.5. The number of amides is 1. The van der Waals surface area contributed by atoms with Crippen molar-refractivity contribution in [2.45, 2.75) is 6.92 Å². The van der Waals surface area contributed by atoms with Crippen LogP contribution >= 0.6 is 15.9 Å². The molecule has 0 bridgehead atoms. The van der Waals surface area contributed by atoms with Gasteiger partial charge in [0.05, 0.1) is 5.39 Å². The van der Waals surface area contributed by atoms with Gasteiger partial charge in [-0.05, 0) is 42.3 Å². The van der Waals surface area contributed by atoms with Crippen LogP contribution in [0.2, 0.25) is 0 Å². The van der Waals surface area contributed by atoms with Crippen molar-refractivity contribution in [2.75, 3.05) is 5.32 Å². The van der Waals surface area contributed by atoms with E-state index in [0.717, 1.165) is 15.6 Å². The molecule has 0 radical (unpaired) electrons. The molecular formula is C23H16BrNO3. The third-order valence-electron chi connectivity index (χ3n) is 4.52. The van der Waals surface area contributed by atoms with Crippen molar-refractivity contribution in [1.29, 1.82) is 0 Å². The predicted octanol–water partition coefficient (Wildman–Crippen LogP) is 5.78. The number of halogens is 1. The SMILES string of the molecule is Cc1cc(NC(=O)c2oc(=O)c3ccccc3c2-c2ccccc2)ccc1Br. The number of aryl methyl sites for hydroxylation is 1. The normalized spacial score (nSPS) is 10.8. The Labute approximate surface area is 170 Å². The van der Waals surface area contributed by atoms with Crippen LogP contribution in [0.25, 0.3) is 21.9 Å². The van der Waals surface area contributed by atoms with Crippen LogP contribution in [0.1, 0.15) is 16.1 Å². The highest BCUT2D eigenvalue weighted by molar-refractivity contribution is 9.10. The average Bonchev–Trinajstić information content (AvgIpc) is 2.71. The molecule has 0 spiro atoms. The fourth-order valence-corrected chi connectivity index (χ4v) is 3.41. The van der Waals surface area contributed by atoms with Gasteiger partial charge in [0, 0.05) is 21.1 Å². The molecule has 0 fully saturated rings. The number of carbonyl (C=O) groups excluding carboxylic acids is 1. The van der Waals surface area contributed by atoms with Gasteiger partial charge in [-0.15, -0.1) is 0 Å². The molecule has 138 valence electrons. The molecule has 4 nitrogen and oxygen atoms in total. The zero-order chi connectivity index (χ0) is 19.7. The first-order valence-electron chi connectivity index (χ1n) is 8.73. The van der Waals surface area contributed by atoms with Crippen LogP contribution in [0.5, 0.6) is 0 Å². The van der Waals surface area contributed by atoms with Gasteiger partial charge in [0.1, 0.15) is 0 Å². The third kappa shape index (κ3) is 3.37. The monoisotopic (exact) mass is 433 g/mol. The van der Waals surface area contributed by atoms with E-state index < -0.39 is 11.5 Å². The minimum atomic E-state index is -0.535. The summed E-state index contributed by atoms with van der Waals surface area (Å²) in [5.74, 6) is -0.473. The van der Waals surface area contributed by atoms with Crippen LogP contribution in [0.15, 0.2) is 86.5 Å². The summed E-state index contributed by atoms with van der Waals surface area (Å²) in [5, 5.41) is 3.96. The summed E-state index contributed by atoms with van der Waals surface area (Å²) in [6.07, 6.45) is 0. The number of benzene rings is 3. The molecule has 3 aromatic carbocycles. The second-order valence-corrected chi connectivity index (χ2v) is 7.28. The topological polar surface area (TPSA) is 59.3 Å². The number of nitrogens with one attached hydrogen (secondary N) is 1. The van der Waals surface area contributed by atoms with Gasteiger partial charge in [0.15, 0.2) is 0 Å². The Kier molecular flexibility index (Phi) is 4.84. The number of rotatable bonds is 3. The van der Waals surface area contributed by atoms with Gasteiger partial charge >= 0.3 is 5.63 Å². The molecule has 4 rings (SSSR count). The Bertz CT molecular complexity index is 1250. The lowest BCUT2D eigenvalue weighted by molar-refractivity contribution is 0.0994. The van der Waals surface area contributed by atoms with E-state index in [2.05, 4.69) is 21.2 Å². The standard InChI is InChI=1S/C23H16BrNO3/c1-14-13-16(11-12-19(14)24)25-22(26)21-20(15-7-3-2-4-8-15)17-9-5-6-10-18(17)23(27)28-21/h2-13H,1H3,(H,25,26). The van der Waals surface area contributed by atoms with E-state index >= 15 is 0 Å². The minimum Gasteiger partial charge on any atom is -0.416 e. The molecule has 0 aliphatic carbocycles. The van der Waals surface area contributed by atoms with E-state index in [1.54, 1.807) is 18.2 Å². The smallest absolute Gasteiger partial charge is 0.344 e. The van der Waals surface area contributed by atoms with Crippen LogP contribution in [0.4, 0.5) is 5.69 Å². The second-order valence-electron chi connectivity index (χ2n) is 6.42. The van der Waals surface area contributed by atoms with Gasteiger partial charge in [-0.3, -0.25) is 4.79 Å². The molecule has 1 aromatic heterocycles. The molecule has 0 unspecified atom stereocenters. The van der Waals surface area contributed by atoms with E-state index in [1.165, 1.54) is 0 Å². The van der Waals surface area contributed by atoms with E-state index in [4.69, 9.17) is 4.42 Å². The van der Waals surface area contributed by atoms with E-state index in [1.807, 2.05) is 61.5 Å². The average molecular weight is 434 g/mol. The Morgan fingerprint density at radius 1 is 0.929 bits per heavy atom. The zero-order valence-electron chi connectivity index (χ0n) is 15.0. The molecule has 1 amide bonds. The Hall–Kier alpha value is -3.18. The van der Waals surface area contributed by atoms with Gasteiger partial charge in [-0.1, -0.05) is 64.5 Å². The van der Waals surface area contributed by atoms with Crippen LogP contribution in [0, 0.1) is 6.92 Å². The number of anilines is 1. The van der Waals surface area contributed by atoms with Crippen LogP contribution in [0.3, 0.4) is 0 Å². The first-order valence-corrected chi connectivity index (χ1v) is 9.52. The fraction of sp³-hybridized carbons (Fsp3) is 0.0435. The minimum absolute atomic E-state index is 0.00419. The van der Waals surface area contributed by atoms with Crippen LogP contribution in [-0.4, -0.2) is 5.91 Å². The molecule has 28 heavy (non-hydrogen) atoms. The van der Waals surface area contributed by atoms with Crippen molar-refractivity contribution in [3.8, 4) is 11.1 Å². The lowest BCUT2D eigenvalue weighted by Crippen LogP contribution is -2.17. The lowest BCUT2D eigenvalue weighted by Gasteiger charge is -2.12. The van der Waals surface area contributed by atoms with Gasteiger partial charge in [-0.25, -0.2) is 4.79 Å². The van der Waals surface area contributed by atoms with Crippen LogP contribution < -0.4 is 10.9 Å². The van der Waals surface area contributed by atoms with E-state index in [0.29, 0.717) is 22.0 Å². The number of fused-ring (bicyclic) bond motifs is 1. The summed E-state index contributed by atoms with van der Waals surface area (Å²) in [4.78, 5) is 25.5. The fourth-order valence-electron chi connectivity index (χ4n) is 3.16. The summed E-state index contributed by atoms with van der Waals surface area (Å²) in [6, 6.07) is 22.1. The lowest BCUT2D eigenvalue weighted by atomic mass is 9.98. The van der Waals surface area contributed by atoms with E-state index in [-0.39, 0.29) is 5.76 Å². The Balaban J connectivity index is 1.89. The zero-order valence-corrected chi connectivity index (χ0v) is 16.6. The maximum absolute atomic E-state index is 13.0. The maximum atomic E-state index is 13.0. The third-order valence-corrected chi connectivity index (χ3v) is 5.41. The predicted molar refractivity (Wildman–Crippen MR) is 115 cm³/mol. The molecule has 0 saturated carbocycles. The number of hydrogen-bond donors (Lipinski definition) is 1. The quantitative estimate of drug-likeness (QED) is 0.445. The van der Waals surface area contributed by atoms with Crippen molar-refractivity contribution in [3.05, 3.63) is 99.0 Å². The van der Waals surface area contributed by atoms with Crippen molar-refractivity contribution < 1.29 is 9.21 Å². The molecular weight excluding hydrogens is 418 g/mol. The molecule has 5 heteroatoms. The Morgan fingerprint density at radius 2 is 1.61 bits per heavy atom. The first kappa shape index (κ1) is 18.2. The highest BCUT2D eigenvalue weighted by atomic mass is 79.9. The summed E-state index contributed by atoms with van der Waals surface area (Å²) >= 11 is 3.45. The highest BCUT2D eigenvalue weighted by Gasteiger charge is 2.21. The van der Waals surface area contributed by atoms with Gasteiger partial charge < -0.3 is 9.73 Å². The molecule has 4 aromatic rings. The second kappa shape index (κ2) is 7.44. The molecule has 0 aliphatic heterocycles. The van der Waals surface area contributed by atoms with Crippen molar-refractivity contribution in [3.63, 3.8) is 0 Å². The molecule has 1 N–H and O–H groups in total. The van der Waals surface area contributed by atoms with E-state index in [9.17, 15) is 9.59 Å². The van der Waals surface area contributed by atoms with Crippen LogP contribution in [-0.2, 0) is 0 Å². The Morgan fingerprint density at radius 3 is 2.32 bits per heavy atom. The van der Waals surface area contributed by atoms with Crippen molar-refractivity contribution >= 4 is 38.3 Å². The molecule has 0 aliphatic rings. The number of carbonyl (C=O) groups is 1. The summed E-state index contributed by atoms with van der Waals surface area (Å²) in [6.45, 7) is 1.94. The molecule has 0 saturated heterocycles. The van der Waals surface area contributed by atoms with Crippen molar-refractivity contribution in [1.82, 2.24) is 0 Å². The van der Waals surface area contributed by atoms with Gasteiger partial charge in [0.2, 0.25) is 5.76 Å². The van der Waals surface area contributed by atoms with Gasteiger partial charge in [-0.2, -0.15) is 0 Å². The van der Waals surface area contributed by atoms with Gasteiger partial charge in [0.25, 0.3) is 5.91 Å². The molecule has 0 atom stereocenters. The highest BCUT2D eigenvalue weighted by Crippen LogP contribution is 2.31. The maximum Gasteiger partial charge on any atom is 0.344 e. The number of hydrogen-bond acceptors (Lipinski definition) is 3. The summed E-state index contributed by atoms with van der Waals surface area (Å²) in [5.41, 5.74) is 2.48. The molecule has 1 heterocycles.